The summed E-state index contributed by atoms with van der Waals surface area (Å²) in [4.78, 5) is 14.2. The third kappa shape index (κ3) is 3.64. The van der Waals surface area contributed by atoms with Crippen molar-refractivity contribution in [1.82, 2.24) is 15.0 Å². The maximum absolute atomic E-state index is 8.58. The fraction of sp³-hybridized carbons (Fsp3) is 0.231. The Kier molecular flexibility index (Phi) is 4.24. The van der Waals surface area contributed by atoms with Crippen molar-refractivity contribution in [1.29, 1.82) is 5.26 Å². The van der Waals surface area contributed by atoms with Gasteiger partial charge in [0.25, 0.3) is 0 Å². The zero-order chi connectivity index (χ0) is 13.5. The van der Waals surface area contributed by atoms with Gasteiger partial charge in [-0.1, -0.05) is 0 Å². The summed E-state index contributed by atoms with van der Waals surface area (Å²) in [5.74, 6) is 1.49. The lowest BCUT2D eigenvalue weighted by atomic mass is 10.4. The molecule has 2 rings (SSSR count). The zero-order valence-corrected chi connectivity index (χ0v) is 10.6. The number of nitrogens with one attached hydrogen (secondary N) is 1. The summed E-state index contributed by atoms with van der Waals surface area (Å²) in [6.07, 6.45) is 5.39. The molecule has 0 spiro atoms. The van der Waals surface area contributed by atoms with Crippen LogP contribution in [0.25, 0.3) is 0 Å². The van der Waals surface area contributed by atoms with Crippen LogP contribution >= 0.6 is 0 Å². The third-order valence-electron chi connectivity index (χ3n) is 2.56. The molecule has 2 aromatic heterocycles. The summed E-state index contributed by atoms with van der Waals surface area (Å²) in [5, 5.41) is 11.8. The minimum atomic E-state index is 0.466. The van der Waals surface area contributed by atoms with Crippen molar-refractivity contribution in [3.8, 4) is 6.07 Å². The molecule has 2 aromatic rings. The lowest BCUT2D eigenvalue weighted by molar-refractivity contribution is 0.880. The molecule has 0 atom stereocenters. The number of nitriles is 1. The highest BCUT2D eigenvalue weighted by Gasteiger charge is 2.04. The number of anilines is 3. The van der Waals surface area contributed by atoms with E-state index in [2.05, 4.69) is 26.3 Å². The molecule has 1 N–H and O–H groups in total. The summed E-state index contributed by atoms with van der Waals surface area (Å²) in [7, 11) is 1.90. The molecule has 0 saturated carbocycles. The van der Waals surface area contributed by atoms with E-state index in [4.69, 9.17) is 5.26 Å². The highest BCUT2D eigenvalue weighted by atomic mass is 15.2. The predicted molar refractivity (Wildman–Crippen MR) is 73.1 cm³/mol. The molecule has 0 aliphatic heterocycles. The first-order valence-corrected chi connectivity index (χ1v) is 5.87. The highest BCUT2D eigenvalue weighted by molar-refractivity contribution is 5.58. The van der Waals surface area contributed by atoms with Gasteiger partial charge in [0, 0.05) is 37.7 Å². The van der Waals surface area contributed by atoms with Crippen LogP contribution in [0.4, 0.5) is 17.3 Å². The predicted octanol–water partition coefficient (Wildman–Crippen LogP) is 1.97. The molecule has 2 heterocycles. The molecule has 19 heavy (non-hydrogen) atoms. The molecule has 0 fully saturated rings. The molecule has 0 bridgehead atoms. The van der Waals surface area contributed by atoms with Crippen LogP contribution in [0.3, 0.4) is 0 Å². The van der Waals surface area contributed by atoms with Crippen LogP contribution < -0.4 is 10.2 Å². The number of hydrogen-bond acceptors (Lipinski definition) is 6. The van der Waals surface area contributed by atoms with Gasteiger partial charge >= 0.3 is 0 Å². The monoisotopic (exact) mass is 254 g/mol. The van der Waals surface area contributed by atoms with Gasteiger partial charge in [-0.05, 0) is 12.1 Å². The molecular weight excluding hydrogens is 240 g/mol. The Morgan fingerprint density at radius 3 is 2.84 bits per heavy atom. The Hall–Kier alpha value is -2.68. The SMILES string of the molecule is CN(CCC#N)c1cc(Nc2ccncc2)ncn1. The molecule has 0 radical (unpaired) electrons. The molecule has 96 valence electrons. The van der Waals surface area contributed by atoms with Crippen molar-refractivity contribution >= 4 is 17.3 Å². The molecule has 0 aliphatic carbocycles. The number of pyridine rings is 1. The summed E-state index contributed by atoms with van der Waals surface area (Å²) in [5.41, 5.74) is 0.916. The first kappa shape index (κ1) is 12.8. The largest absolute Gasteiger partial charge is 0.358 e. The number of rotatable bonds is 5. The normalized spacial score (nSPS) is 9.68. The summed E-state index contributed by atoms with van der Waals surface area (Å²) < 4.78 is 0. The lowest BCUT2D eigenvalue weighted by Crippen LogP contribution is -2.19. The van der Waals surface area contributed by atoms with Gasteiger partial charge in [-0.25, -0.2) is 9.97 Å². The second kappa shape index (κ2) is 6.31. The number of nitrogens with zero attached hydrogens (tertiary/aromatic N) is 5. The fourth-order valence-corrected chi connectivity index (χ4v) is 1.54. The van der Waals surface area contributed by atoms with Crippen LogP contribution in [0.5, 0.6) is 0 Å². The van der Waals surface area contributed by atoms with Gasteiger partial charge in [-0.15, -0.1) is 0 Å². The molecule has 0 unspecified atom stereocenters. The van der Waals surface area contributed by atoms with Crippen molar-refractivity contribution < 1.29 is 0 Å². The standard InChI is InChI=1S/C13H14N6/c1-19(8-2-5-14)13-9-12(16-10-17-13)18-11-3-6-15-7-4-11/h3-4,6-7,9-10H,2,8H2,1H3,(H,15,16,17,18). The van der Waals surface area contributed by atoms with E-state index in [1.165, 1.54) is 6.33 Å². The Labute approximate surface area is 111 Å². The van der Waals surface area contributed by atoms with E-state index >= 15 is 0 Å². The minimum absolute atomic E-state index is 0.466. The van der Waals surface area contributed by atoms with Crippen molar-refractivity contribution in [3.05, 3.63) is 36.9 Å². The van der Waals surface area contributed by atoms with Gasteiger partial charge in [0.2, 0.25) is 0 Å². The maximum atomic E-state index is 8.58. The van der Waals surface area contributed by atoms with Crippen LogP contribution in [0.2, 0.25) is 0 Å². The van der Waals surface area contributed by atoms with Gasteiger partial charge in [0.15, 0.2) is 0 Å². The number of aromatic nitrogens is 3. The minimum Gasteiger partial charge on any atom is -0.358 e. The van der Waals surface area contributed by atoms with Crippen LogP contribution in [0, 0.1) is 11.3 Å². The molecule has 6 heteroatoms. The van der Waals surface area contributed by atoms with E-state index in [1.54, 1.807) is 12.4 Å². The van der Waals surface area contributed by atoms with Gasteiger partial charge in [0.1, 0.15) is 18.0 Å². The Balaban J connectivity index is 2.09. The average molecular weight is 254 g/mol. The topological polar surface area (TPSA) is 77.7 Å². The van der Waals surface area contributed by atoms with E-state index < -0.39 is 0 Å². The van der Waals surface area contributed by atoms with Gasteiger partial charge < -0.3 is 10.2 Å². The van der Waals surface area contributed by atoms with Gasteiger partial charge in [0.05, 0.1) is 12.5 Å². The third-order valence-corrected chi connectivity index (χ3v) is 2.56. The Bertz CT molecular complexity index is 563. The van der Waals surface area contributed by atoms with E-state index in [0.29, 0.717) is 18.8 Å². The molecule has 0 aliphatic rings. The van der Waals surface area contributed by atoms with Crippen molar-refractivity contribution in [2.75, 3.05) is 23.8 Å². The van der Waals surface area contributed by atoms with Crippen molar-refractivity contribution in [3.63, 3.8) is 0 Å². The summed E-state index contributed by atoms with van der Waals surface area (Å²) >= 11 is 0. The maximum Gasteiger partial charge on any atom is 0.135 e. The Morgan fingerprint density at radius 1 is 1.32 bits per heavy atom. The van der Waals surface area contributed by atoms with Crippen molar-refractivity contribution in [2.45, 2.75) is 6.42 Å². The Morgan fingerprint density at radius 2 is 2.11 bits per heavy atom. The smallest absolute Gasteiger partial charge is 0.135 e. The molecule has 0 aromatic carbocycles. The highest BCUT2D eigenvalue weighted by Crippen LogP contribution is 2.17. The van der Waals surface area contributed by atoms with E-state index in [1.807, 2.05) is 30.1 Å². The van der Waals surface area contributed by atoms with Gasteiger partial charge in [-0.2, -0.15) is 5.26 Å². The van der Waals surface area contributed by atoms with Gasteiger partial charge in [-0.3, -0.25) is 4.98 Å². The fourth-order valence-electron chi connectivity index (χ4n) is 1.54. The molecular formula is C13H14N6. The molecule has 6 nitrogen and oxygen atoms in total. The summed E-state index contributed by atoms with van der Waals surface area (Å²) in [6.45, 7) is 0.641. The van der Waals surface area contributed by atoms with E-state index in [-0.39, 0.29) is 0 Å². The molecule has 0 saturated heterocycles. The van der Waals surface area contributed by atoms with Crippen LogP contribution in [-0.2, 0) is 0 Å². The lowest BCUT2D eigenvalue weighted by Gasteiger charge is -2.16. The second-order valence-electron chi connectivity index (χ2n) is 3.95. The second-order valence-corrected chi connectivity index (χ2v) is 3.95. The first-order chi connectivity index (χ1) is 9.29. The zero-order valence-electron chi connectivity index (χ0n) is 10.6. The molecule has 0 amide bonds. The van der Waals surface area contributed by atoms with E-state index in [0.717, 1.165) is 11.5 Å². The average Bonchev–Trinajstić information content (AvgIpc) is 2.46. The van der Waals surface area contributed by atoms with Crippen LogP contribution in [-0.4, -0.2) is 28.5 Å². The van der Waals surface area contributed by atoms with Crippen LogP contribution in [0.1, 0.15) is 6.42 Å². The van der Waals surface area contributed by atoms with Crippen molar-refractivity contribution in [2.24, 2.45) is 0 Å². The number of hydrogen-bond donors (Lipinski definition) is 1. The quantitative estimate of drug-likeness (QED) is 0.878. The van der Waals surface area contributed by atoms with Crippen LogP contribution in [0.15, 0.2) is 36.9 Å². The summed E-state index contributed by atoms with van der Waals surface area (Å²) in [6, 6.07) is 7.68. The first-order valence-electron chi connectivity index (χ1n) is 5.87. The van der Waals surface area contributed by atoms with E-state index in [9.17, 15) is 0 Å².